The average Bonchev–Trinajstić information content (AvgIpc) is 2.66. The standard InChI is InChI=1S/C22H31N3O3S.HI/c1-16(2)15-28-20-8-6-7-18(12-20)13-24-22(23-4)25-14-19-9-10-21(17(3)11-19)29(5,26)27;/h6-12,16H,13-15H2,1-5H3,(H2,23,24,25);1H. The predicted octanol–water partition coefficient (Wildman–Crippen LogP) is 3.92. The zero-order chi connectivity index (χ0) is 21.4. The van der Waals surface area contributed by atoms with E-state index >= 15 is 0 Å². The minimum atomic E-state index is -3.20. The molecule has 0 amide bonds. The molecule has 0 aromatic heterocycles. The number of aryl methyl sites for hydroxylation is 1. The van der Waals surface area contributed by atoms with Gasteiger partial charge in [0, 0.05) is 26.4 Å². The fraction of sp³-hybridized carbons (Fsp3) is 0.409. The van der Waals surface area contributed by atoms with Gasteiger partial charge in [-0.3, -0.25) is 4.99 Å². The Balaban J connectivity index is 0.00000450. The Morgan fingerprint density at radius 1 is 1.07 bits per heavy atom. The first-order chi connectivity index (χ1) is 13.7. The predicted molar refractivity (Wildman–Crippen MR) is 134 cm³/mol. The Kier molecular flexibility index (Phi) is 10.6. The highest BCUT2D eigenvalue weighted by atomic mass is 127. The Morgan fingerprint density at radius 2 is 1.70 bits per heavy atom. The molecular weight excluding hydrogens is 513 g/mol. The van der Waals surface area contributed by atoms with Gasteiger partial charge in [0.15, 0.2) is 15.8 Å². The maximum absolute atomic E-state index is 11.7. The summed E-state index contributed by atoms with van der Waals surface area (Å²) in [6.07, 6.45) is 1.22. The van der Waals surface area contributed by atoms with Gasteiger partial charge < -0.3 is 15.4 Å². The van der Waals surface area contributed by atoms with E-state index in [-0.39, 0.29) is 24.0 Å². The first-order valence-corrected chi connectivity index (χ1v) is 11.5. The summed E-state index contributed by atoms with van der Waals surface area (Å²) >= 11 is 0. The van der Waals surface area contributed by atoms with Gasteiger partial charge in [-0.2, -0.15) is 0 Å². The van der Waals surface area contributed by atoms with Gasteiger partial charge in [0.2, 0.25) is 0 Å². The van der Waals surface area contributed by atoms with E-state index in [0.717, 1.165) is 22.4 Å². The molecule has 0 aliphatic carbocycles. The minimum absolute atomic E-state index is 0. The molecule has 0 aliphatic rings. The molecule has 0 saturated heterocycles. The zero-order valence-corrected chi connectivity index (χ0v) is 21.4. The van der Waals surface area contributed by atoms with Crippen LogP contribution in [0.15, 0.2) is 52.4 Å². The van der Waals surface area contributed by atoms with Crippen LogP contribution >= 0.6 is 24.0 Å². The van der Waals surface area contributed by atoms with Gasteiger partial charge in [0.05, 0.1) is 11.5 Å². The monoisotopic (exact) mass is 545 g/mol. The third kappa shape index (κ3) is 8.51. The summed E-state index contributed by atoms with van der Waals surface area (Å²) in [5.74, 6) is 2.01. The Hall–Kier alpha value is -1.81. The Morgan fingerprint density at radius 3 is 2.23 bits per heavy atom. The minimum Gasteiger partial charge on any atom is -0.493 e. The number of aliphatic imine (C=N–C) groups is 1. The number of sulfone groups is 1. The lowest BCUT2D eigenvalue weighted by molar-refractivity contribution is 0.271. The van der Waals surface area contributed by atoms with Crippen molar-refractivity contribution in [2.75, 3.05) is 19.9 Å². The van der Waals surface area contributed by atoms with E-state index < -0.39 is 9.84 Å². The summed E-state index contributed by atoms with van der Waals surface area (Å²) in [5, 5.41) is 6.54. The number of nitrogens with one attached hydrogen (secondary N) is 2. The number of nitrogens with zero attached hydrogens (tertiary/aromatic N) is 1. The maximum Gasteiger partial charge on any atom is 0.191 e. The molecule has 0 unspecified atom stereocenters. The molecule has 0 bridgehead atoms. The maximum atomic E-state index is 11.7. The molecule has 6 nitrogen and oxygen atoms in total. The van der Waals surface area contributed by atoms with Crippen LogP contribution in [0.5, 0.6) is 5.75 Å². The molecule has 166 valence electrons. The fourth-order valence-electron chi connectivity index (χ4n) is 2.84. The molecule has 0 fully saturated rings. The smallest absolute Gasteiger partial charge is 0.191 e. The number of hydrogen-bond acceptors (Lipinski definition) is 4. The highest BCUT2D eigenvalue weighted by Gasteiger charge is 2.11. The van der Waals surface area contributed by atoms with Gasteiger partial charge in [-0.15, -0.1) is 24.0 Å². The van der Waals surface area contributed by atoms with Crippen molar-refractivity contribution in [1.29, 1.82) is 0 Å². The second-order valence-electron chi connectivity index (χ2n) is 7.50. The molecule has 8 heteroatoms. The third-order valence-corrected chi connectivity index (χ3v) is 5.52. The summed E-state index contributed by atoms with van der Waals surface area (Å²) in [5.41, 5.74) is 2.83. The number of benzene rings is 2. The molecule has 2 aromatic carbocycles. The van der Waals surface area contributed by atoms with E-state index in [1.54, 1.807) is 20.0 Å². The Labute approximate surface area is 197 Å². The highest BCUT2D eigenvalue weighted by molar-refractivity contribution is 14.0. The number of halogens is 1. The van der Waals surface area contributed by atoms with E-state index in [1.807, 2.05) is 36.4 Å². The largest absolute Gasteiger partial charge is 0.493 e. The zero-order valence-electron chi connectivity index (χ0n) is 18.2. The summed E-state index contributed by atoms with van der Waals surface area (Å²) in [6.45, 7) is 7.90. The van der Waals surface area contributed by atoms with Crippen LogP contribution < -0.4 is 15.4 Å². The van der Waals surface area contributed by atoms with Crippen LogP contribution in [0.2, 0.25) is 0 Å². The van der Waals surface area contributed by atoms with Gasteiger partial charge in [-0.05, 0) is 47.7 Å². The summed E-state index contributed by atoms with van der Waals surface area (Å²) in [6, 6.07) is 13.4. The van der Waals surface area contributed by atoms with E-state index in [9.17, 15) is 8.42 Å². The quantitative estimate of drug-likeness (QED) is 0.299. The van der Waals surface area contributed by atoms with Crippen molar-refractivity contribution in [1.82, 2.24) is 10.6 Å². The number of rotatable bonds is 8. The van der Waals surface area contributed by atoms with Crippen LogP contribution in [-0.2, 0) is 22.9 Å². The topological polar surface area (TPSA) is 79.8 Å². The first kappa shape index (κ1) is 26.2. The first-order valence-electron chi connectivity index (χ1n) is 9.65. The normalized spacial score (nSPS) is 11.7. The Bertz CT molecular complexity index is 960. The fourth-order valence-corrected chi connectivity index (χ4v) is 3.80. The van der Waals surface area contributed by atoms with Crippen LogP contribution in [0.1, 0.15) is 30.5 Å². The number of hydrogen-bond donors (Lipinski definition) is 2. The molecule has 0 radical (unpaired) electrons. The lowest BCUT2D eigenvalue weighted by atomic mass is 10.1. The van der Waals surface area contributed by atoms with Gasteiger partial charge in [0.25, 0.3) is 0 Å². The van der Waals surface area contributed by atoms with Crippen molar-refractivity contribution in [2.45, 2.75) is 38.8 Å². The van der Waals surface area contributed by atoms with Crippen molar-refractivity contribution < 1.29 is 13.2 Å². The summed E-state index contributed by atoms with van der Waals surface area (Å²) < 4.78 is 29.3. The average molecular weight is 545 g/mol. The van der Waals surface area contributed by atoms with Crippen molar-refractivity contribution in [3.8, 4) is 5.75 Å². The molecule has 0 aliphatic heterocycles. The summed E-state index contributed by atoms with van der Waals surface area (Å²) in [7, 11) is -1.49. The van der Waals surface area contributed by atoms with E-state index in [0.29, 0.717) is 36.5 Å². The molecule has 0 spiro atoms. The molecule has 0 heterocycles. The SMILES string of the molecule is CN=C(NCc1cccc(OCC(C)C)c1)NCc1ccc(S(C)(=O)=O)c(C)c1.I. The van der Waals surface area contributed by atoms with Crippen molar-refractivity contribution in [3.05, 3.63) is 59.2 Å². The van der Waals surface area contributed by atoms with E-state index in [2.05, 4.69) is 29.5 Å². The molecule has 2 rings (SSSR count). The van der Waals surface area contributed by atoms with Crippen LogP contribution in [-0.4, -0.2) is 34.3 Å². The van der Waals surface area contributed by atoms with Gasteiger partial charge in [-0.1, -0.05) is 38.1 Å². The number of ether oxygens (including phenoxy) is 1. The lowest BCUT2D eigenvalue weighted by Gasteiger charge is -2.14. The van der Waals surface area contributed by atoms with E-state index in [1.165, 1.54) is 6.26 Å². The molecule has 30 heavy (non-hydrogen) atoms. The van der Waals surface area contributed by atoms with Crippen LogP contribution in [0.25, 0.3) is 0 Å². The van der Waals surface area contributed by atoms with Gasteiger partial charge in [-0.25, -0.2) is 8.42 Å². The van der Waals surface area contributed by atoms with Crippen molar-refractivity contribution in [2.24, 2.45) is 10.9 Å². The molecule has 2 N–H and O–H groups in total. The van der Waals surface area contributed by atoms with Crippen molar-refractivity contribution in [3.63, 3.8) is 0 Å². The second kappa shape index (κ2) is 12.1. The van der Waals surface area contributed by atoms with Crippen LogP contribution in [0.4, 0.5) is 0 Å². The lowest BCUT2D eigenvalue weighted by Crippen LogP contribution is -2.36. The highest BCUT2D eigenvalue weighted by Crippen LogP contribution is 2.17. The van der Waals surface area contributed by atoms with Gasteiger partial charge in [0.1, 0.15) is 5.75 Å². The second-order valence-corrected chi connectivity index (χ2v) is 9.49. The number of guanidine groups is 1. The van der Waals surface area contributed by atoms with Crippen LogP contribution in [0.3, 0.4) is 0 Å². The molecule has 2 aromatic rings. The van der Waals surface area contributed by atoms with Crippen LogP contribution in [0, 0.1) is 12.8 Å². The van der Waals surface area contributed by atoms with E-state index in [4.69, 9.17) is 4.74 Å². The third-order valence-electron chi connectivity index (χ3n) is 4.26. The summed E-state index contributed by atoms with van der Waals surface area (Å²) in [4.78, 5) is 4.61. The van der Waals surface area contributed by atoms with Gasteiger partial charge >= 0.3 is 0 Å². The van der Waals surface area contributed by atoms with Crippen molar-refractivity contribution >= 4 is 39.8 Å². The molecule has 0 atom stereocenters. The molecule has 0 saturated carbocycles. The molecular formula is C22H32IN3O3S.